The van der Waals surface area contributed by atoms with Crippen LogP contribution < -0.4 is 0 Å². The molecule has 0 bridgehead atoms. The summed E-state index contributed by atoms with van der Waals surface area (Å²) in [5.74, 6) is 0.0996. The predicted octanol–water partition coefficient (Wildman–Crippen LogP) is 1.37. The highest BCUT2D eigenvalue weighted by Gasteiger charge is 2.17. The third kappa shape index (κ3) is 2.54. The number of hydrogen-bond acceptors (Lipinski definition) is 4. The molecule has 0 saturated carbocycles. The smallest absolute Gasteiger partial charge is 0.134 e. The van der Waals surface area contributed by atoms with Crippen LogP contribution in [-0.4, -0.2) is 27.2 Å². The molecule has 2 unspecified atom stereocenters. The quantitative estimate of drug-likeness (QED) is 0.598. The summed E-state index contributed by atoms with van der Waals surface area (Å²) in [6.45, 7) is 0. The summed E-state index contributed by atoms with van der Waals surface area (Å²) >= 11 is 9.50. The van der Waals surface area contributed by atoms with E-state index in [1.807, 2.05) is 0 Å². The lowest BCUT2D eigenvalue weighted by Crippen LogP contribution is -2.19. The van der Waals surface area contributed by atoms with Gasteiger partial charge in [-0.25, -0.2) is 0 Å². The zero-order chi connectivity index (χ0) is 10.7. The fraction of sp³-hybridized carbons (Fsp3) is 0.333. The molecular weight excluding hydrogens is 224 g/mol. The van der Waals surface area contributed by atoms with Gasteiger partial charge in [0.05, 0.1) is 11.1 Å². The molecule has 0 radical (unpaired) electrons. The van der Waals surface area contributed by atoms with E-state index in [9.17, 15) is 10.2 Å². The second-order valence-corrected chi connectivity index (χ2v) is 3.68. The van der Waals surface area contributed by atoms with Crippen LogP contribution in [0.25, 0.3) is 0 Å². The molecule has 78 valence electrons. The molecule has 3 N–H and O–H groups in total. The number of hydrogen-bond donors (Lipinski definition) is 4. The van der Waals surface area contributed by atoms with E-state index < -0.39 is 12.2 Å². The van der Waals surface area contributed by atoms with Crippen molar-refractivity contribution in [1.82, 2.24) is 0 Å². The van der Waals surface area contributed by atoms with Gasteiger partial charge in [0.1, 0.15) is 11.9 Å². The normalized spacial score (nSPS) is 15.1. The highest BCUT2D eigenvalue weighted by molar-refractivity contribution is 7.80. The van der Waals surface area contributed by atoms with E-state index in [0.29, 0.717) is 5.56 Å². The van der Waals surface area contributed by atoms with Gasteiger partial charge in [-0.1, -0.05) is 17.7 Å². The molecule has 0 aliphatic carbocycles. The van der Waals surface area contributed by atoms with E-state index >= 15 is 0 Å². The Morgan fingerprint density at radius 1 is 1.36 bits per heavy atom. The molecular formula is C9H11ClO3S. The zero-order valence-electron chi connectivity index (χ0n) is 7.26. The molecule has 0 saturated heterocycles. The third-order valence-corrected chi connectivity index (χ3v) is 2.54. The van der Waals surface area contributed by atoms with Crippen molar-refractivity contribution in [2.24, 2.45) is 0 Å². The van der Waals surface area contributed by atoms with Gasteiger partial charge in [0.15, 0.2) is 0 Å². The average Bonchev–Trinajstić information content (AvgIpc) is 2.20. The van der Waals surface area contributed by atoms with Crippen LogP contribution in [0.3, 0.4) is 0 Å². The van der Waals surface area contributed by atoms with Crippen LogP contribution in [0.2, 0.25) is 5.02 Å². The van der Waals surface area contributed by atoms with E-state index in [1.165, 1.54) is 18.2 Å². The molecule has 3 nitrogen and oxygen atoms in total. The van der Waals surface area contributed by atoms with Crippen LogP contribution in [-0.2, 0) is 0 Å². The van der Waals surface area contributed by atoms with Crippen molar-refractivity contribution in [2.75, 3.05) is 5.75 Å². The van der Waals surface area contributed by atoms with E-state index in [2.05, 4.69) is 12.6 Å². The Balaban J connectivity index is 2.91. The van der Waals surface area contributed by atoms with Crippen LogP contribution in [0.15, 0.2) is 18.2 Å². The number of phenols is 1. The summed E-state index contributed by atoms with van der Waals surface area (Å²) < 4.78 is 0. The highest BCUT2D eigenvalue weighted by Crippen LogP contribution is 2.27. The molecule has 0 spiro atoms. The average molecular weight is 235 g/mol. The molecule has 0 heterocycles. The molecule has 0 aliphatic heterocycles. The Labute approximate surface area is 92.4 Å². The standard InChI is InChI=1S/C9H11ClO3S/c10-6-3-5(1-2-7(6)11)9(13)8(12)4-14/h1-3,8-9,11-14H,4H2. The SMILES string of the molecule is Oc1ccc(C(O)C(O)CS)cc1Cl. The van der Waals surface area contributed by atoms with Gasteiger partial charge in [-0.05, 0) is 17.7 Å². The third-order valence-electron chi connectivity index (χ3n) is 1.86. The summed E-state index contributed by atoms with van der Waals surface area (Å²) in [7, 11) is 0. The molecule has 14 heavy (non-hydrogen) atoms. The lowest BCUT2D eigenvalue weighted by Gasteiger charge is -2.16. The molecule has 5 heteroatoms. The Hall–Kier alpha value is -0.420. The van der Waals surface area contributed by atoms with Crippen molar-refractivity contribution in [3.8, 4) is 5.75 Å². The first-order valence-corrected chi connectivity index (χ1v) is 5.02. The van der Waals surface area contributed by atoms with Crippen LogP contribution in [0.1, 0.15) is 11.7 Å². The van der Waals surface area contributed by atoms with Crippen molar-refractivity contribution in [2.45, 2.75) is 12.2 Å². The topological polar surface area (TPSA) is 60.7 Å². The van der Waals surface area contributed by atoms with Crippen LogP contribution >= 0.6 is 24.2 Å². The Morgan fingerprint density at radius 2 is 2.00 bits per heavy atom. The Kier molecular flexibility index (Phi) is 4.07. The lowest BCUT2D eigenvalue weighted by atomic mass is 10.1. The number of thiol groups is 1. The highest BCUT2D eigenvalue weighted by atomic mass is 35.5. The molecule has 0 fully saturated rings. The van der Waals surface area contributed by atoms with Crippen molar-refractivity contribution in [3.05, 3.63) is 28.8 Å². The van der Waals surface area contributed by atoms with Crippen molar-refractivity contribution in [1.29, 1.82) is 0 Å². The minimum atomic E-state index is -1.04. The summed E-state index contributed by atoms with van der Waals surface area (Å²) in [6.07, 6.45) is -1.98. The minimum absolute atomic E-state index is 0.0528. The van der Waals surface area contributed by atoms with Gasteiger partial charge in [0, 0.05) is 5.75 Å². The number of phenolic OH excluding ortho intramolecular Hbond substituents is 1. The van der Waals surface area contributed by atoms with Crippen molar-refractivity contribution in [3.63, 3.8) is 0 Å². The van der Waals surface area contributed by atoms with Crippen LogP contribution in [0.4, 0.5) is 0 Å². The van der Waals surface area contributed by atoms with E-state index in [-0.39, 0.29) is 16.5 Å². The van der Waals surface area contributed by atoms with Crippen molar-refractivity contribution >= 4 is 24.2 Å². The summed E-state index contributed by atoms with van der Waals surface area (Å²) in [6, 6.07) is 4.28. The second kappa shape index (κ2) is 4.89. The van der Waals surface area contributed by atoms with Gasteiger partial charge in [-0.15, -0.1) is 0 Å². The minimum Gasteiger partial charge on any atom is -0.506 e. The van der Waals surface area contributed by atoms with Gasteiger partial charge in [0.25, 0.3) is 0 Å². The molecule has 1 aromatic rings. The van der Waals surface area contributed by atoms with Gasteiger partial charge in [-0.3, -0.25) is 0 Å². The maximum atomic E-state index is 9.57. The molecule has 0 aromatic heterocycles. The molecule has 0 amide bonds. The monoisotopic (exact) mass is 234 g/mol. The Morgan fingerprint density at radius 3 is 2.50 bits per heavy atom. The maximum absolute atomic E-state index is 9.57. The number of aliphatic hydroxyl groups is 2. The maximum Gasteiger partial charge on any atom is 0.134 e. The largest absolute Gasteiger partial charge is 0.506 e. The number of rotatable bonds is 3. The van der Waals surface area contributed by atoms with Crippen LogP contribution in [0.5, 0.6) is 5.75 Å². The number of aromatic hydroxyl groups is 1. The fourth-order valence-electron chi connectivity index (χ4n) is 1.03. The van der Waals surface area contributed by atoms with Gasteiger partial charge < -0.3 is 15.3 Å². The lowest BCUT2D eigenvalue weighted by molar-refractivity contribution is 0.0337. The molecule has 1 aromatic carbocycles. The first-order chi connectivity index (χ1) is 6.56. The fourth-order valence-corrected chi connectivity index (χ4v) is 1.42. The molecule has 0 aliphatic rings. The summed E-state index contributed by atoms with van der Waals surface area (Å²) in [5, 5.41) is 28.1. The Bertz CT molecular complexity index is 319. The van der Waals surface area contributed by atoms with Gasteiger partial charge >= 0.3 is 0 Å². The molecule has 2 atom stereocenters. The van der Waals surface area contributed by atoms with Gasteiger partial charge in [0.2, 0.25) is 0 Å². The van der Waals surface area contributed by atoms with Gasteiger partial charge in [-0.2, -0.15) is 12.6 Å². The summed E-state index contributed by atoms with van der Waals surface area (Å²) in [4.78, 5) is 0. The number of benzene rings is 1. The number of halogens is 1. The second-order valence-electron chi connectivity index (χ2n) is 2.91. The first-order valence-electron chi connectivity index (χ1n) is 4.01. The van der Waals surface area contributed by atoms with Crippen molar-refractivity contribution < 1.29 is 15.3 Å². The summed E-state index contributed by atoms with van der Waals surface area (Å²) in [5.41, 5.74) is 0.453. The first kappa shape index (κ1) is 11.7. The zero-order valence-corrected chi connectivity index (χ0v) is 8.91. The van der Waals surface area contributed by atoms with E-state index in [0.717, 1.165) is 0 Å². The molecule has 1 rings (SSSR count). The van der Waals surface area contributed by atoms with Crippen LogP contribution in [0, 0.1) is 0 Å². The van der Waals surface area contributed by atoms with E-state index in [1.54, 1.807) is 0 Å². The predicted molar refractivity (Wildman–Crippen MR) is 57.9 cm³/mol. The number of aliphatic hydroxyl groups excluding tert-OH is 2. The van der Waals surface area contributed by atoms with E-state index in [4.69, 9.17) is 16.7 Å².